The Morgan fingerprint density at radius 2 is 2.09 bits per heavy atom. The van der Waals surface area contributed by atoms with Crippen molar-refractivity contribution in [1.29, 1.82) is 0 Å². The highest BCUT2D eigenvalue weighted by molar-refractivity contribution is 7.13. The van der Waals surface area contributed by atoms with Crippen LogP contribution < -0.4 is 5.32 Å². The summed E-state index contributed by atoms with van der Waals surface area (Å²) in [5.41, 5.74) is 3.32. The summed E-state index contributed by atoms with van der Waals surface area (Å²) in [5.74, 6) is -0.374. The van der Waals surface area contributed by atoms with Crippen LogP contribution in [0.3, 0.4) is 0 Å². The molecule has 1 aromatic carbocycles. The standard InChI is InChI=1S/C24H27N5O2S/c1-28(2)11-6-12-29-15-18(14-22(29)30)23(31)26-19-8-5-7-17(13-19)21-16-32-24(27-21)20-9-3-4-10-25-20/h3-5,7-10,13,16,18H,6,11-12,14-15H2,1-2H3,(H,26,31). The van der Waals surface area contributed by atoms with E-state index in [1.165, 1.54) is 11.3 Å². The van der Waals surface area contributed by atoms with Crippen molar-refractivity contribution in [3.8, 4) is 22.0 Å². The number of likely N-dealkylation sites (tertiary alicyclic amines) is 1. The van der Waals surface area contributed by atoms with Gasteiger partial charge in [-0.05, 0) is 51.3 Å². The van der Waals surface area contributed by atoms with Crippen molar-refractivity contribution in [3.63, 3.8) is 0 Å². The van der Waals surface area contributed by atoms with Gasteiger partial charge >= 0.3 is 0 Å². The SMILES string of the molecule is CN(C)CCCN1CC(C(=O)Nc2cccc(-c3csc(-c4ccccn4)n3)c2)CC1=O. The fourth-order valence-electron chi connectivity index (χ4n) is 3.76. The number of anilines is 1. The van der Waals surface area contributed by atoms with Gasteiger partial charge in [-0.1, -0.05) is 18.2 Å². The third kappa shape index (κ3) is 5.38. The van der Waals surface area contributed by atoms with Gasteiger partial charge in [-0.2, -0.15) is 0 Å². The molecule has 7 nitrogen and oxygen atoms in total. The number of thiazole rings is 1. The molecular weight excluding hydrogens is 422 g/mol. The summed E-state index contributed by atoms with van der Waals surface area (Å²) in [7, 11) is 4.03. The van der Waals surface area contributed by atoms with E-state index in [1.807, 2.05) is 61.9 Å². The molecule has 0 aliphatic carbocycles. The van der Waals surface area contributed by atoms with Crippen molar-refractivity contribution >= 4 is 28.8 Å². The number of nitrogens with zero attached hydrogens (tertiary/aromatic N) is 4. The van der Waals surface area contributed by atoms with Gasteiger partial charge in [0.25, 0.3) is 0 Å². The lowest BCUT2D eigenvalue weighted by molar-refractivity contribution is -0.128. The highest BCUT2D eigenvalue weighted by Crippen LogP contribution is 2.29. The van der Waals surface area contributed by atoms with Crippen LogP contribution in [0.15, 0.2) is 54.0 Å². The molecule has 1 aliphatic heterocycles. The largest absolute Gasteiger partial charge is 0.342 e. The number of hydrogen-bond donors (Lipinski definition) is 1. The van der Waals surface area contributed by atoms with Gasteiger partial charge in [-0.15, -0.1) is 11.3 Å². The van der Waals surface area contributed by atoms with Crippen molar-refractivity contribution in [2.45, 2.75) is 12.8 Å². The molecule has 1 unspecified atom stereocenters. The molecule has 1 atom stereocenters. The van der Waals surface area contributed by atoms with Gasteiger partial charge in [0.2, 0.25) is 11.8 Å². The maximum absolute atomic E-state index is 12.8. The fraction of sp³-hybridized carbons (Fsp3) is 0.333. The van der Waals surface area contributed by atoms with Crippen molar-refractivity contribution in [2.24, 2.45) is 5.92 Å². The maximum atomic E-state index is 12.8. The molecule has 0 bridgehead atoms. The second kappa shape index (κ2) is 10.0. The van der Waals surface area contributed by atoms with E-state index in [4.69, 9.17) is 4.98 Å². The number of nitrogens with one attached hydrogen (secondary N) is 1. The third-order valence-corrected chi connectivity index (χ3v) is 6.30. The Hall–Kier alpha value is -3.10. The summed E-state index contributed by atoms with van der Waals surface area (Å²) in [5, 5.41) is 5.83. The molecule has 2 aromatic heterocycles. The quantitative estimate of drug-likeness (QED) is 0.568. The Morgan fingerprint density at radius 3 is 2.88 bits per heavy atom. The van der Waals surface area contributed by atoms with Gasteiger partial charge in [-0.25, -0.2) is 4.98 Å². The lowest BCUT2D eigenvalue weighted by Crippen LogP contribution is -2.30. The lowest BCUT2D eigenvalue weighted by Gasteiger charge is -2.18. The lowest BCUT2D eigenvalue weighted by atomic mass is 10.1. The van der Waals surface area contributed by atoms with Gasteiger partial charge in [0.1, 0.15) is 5.01 Å². The number of carbonyl (C=O) groups excluding carboxylic acids is 2. The van der Waals surface area contributed by atoms with Crippen LogP contribution >= 0.6 is 11.3 Å². The number of benzene rings is 1. The minimum absolute atomic E-state index is 0.0576. The van der Waals surface area contributed by atoms with Crippen LogP contribution in [0.1, 0.15) is 12.8 Å². The summed E-state index contributed by atoms with van der Waals surface area (Å²) < 4.78 is 0. The van der Waals surface area contributed by atoms with Gasteiger partial charge in [0.05, 0.1) is 17.3 Å². The predicted octanol–water partition coefficient (Wildman–Crippen LogP) is 3.61. The van der Waals surface area contributed by atoms with E-state index < -0.39 is 0 Å². The molecule has 2 amide bonds. The third-order valence-electron chi connectivity index (χ3n) is 5.43. The first-order chi connectivity index (χ1) is 15.5. The van der Waals surface area contributed by atoms with Gasteiger partial charge < -0.3 is 15.1 Å². The molecule has 8 heteroatoms. The van der Waals surface area contributed by atoms with Gasteiger partial charge in [0.15, 0.2) is 0 Å². The maximum Gasteiger partial charge on any atom is 0.229 e. The van der Waals surface area contributed by atoms with Gasteiger partial charge in [0, 0.05) is 42.3 Å². The van der Waals surface area contributed by atoms with E-state index in [-0.39, 0.29) is 24.2 Å². The van der Waals surface area contributed by atoms with E-state index in [0.29, 0.717) is 18.8 Å². The van der Waals surface area contributed by atoms with E-state index in [2.05, 4.69) is 15.2 Å². The Kier molecular flexibility index (Phi) is 6.92. The van der Waals surface area contributed by atoms with Crippen LogP contribution in [0.25, 0.3) is 22.0 Å². The van der Waals surface area contributed by atoms with Crippen LogP contribution in [0.5, 0.6) is 0 Å². The van der Waals surface area contributed by atoms with Gasteiger partial charge in [-0.3, -0.25) is 14.6 Å². The zero-order valence-corrected chi connectivity index (χ0v) is 19.1. The average Bonchev–Trinajstić information content (AvgIpc) is 3.42. The fourth-order valence-corrected chi connectivity index (χ4v) is 4.56. The molecule has 4 rings (SSSR count). The summed E-state index contributed by atoms with van der Waals surface area (Å²) in [6, 6.07) is 13.4. The molecule has 1 N–H and O–H groups in total. The Labute approximate surface area is 192 Å². The van der Waals surface area contributed by atoms with Crippen molar-refractivity contribution in [3.05, 3.63) is 54.0 Å². The summed E-state index contributed by atoms with van der Waals surface area (Å²) in [4.78, 5) is 38.1. The predicted molar refractivity (Wildman–Crippen MR) is 127 cm³/mol. The van der Waals surface area contributed by atoms with Crippen LogP contribution in [0.2, 0.25) is 0 Å². The normalized spacial score (nSPS) is 16.0. The molecule has 1 fully saturated rings. The summed E-state index contributed by atoms with van der Waals surface area (Å²) in [6.45, 7) is 2.10. The molecule has 32 heavy (non-hydrogen) atoms. The van der Waals surface area contributed by atoms with E-state index in [0.717, 1.165) is 34.9 Å². The molecule has 166 valence electrons. The highest BCUT2D eigenvalue weighted by Gasteiger charge is 2.34. The van der Waals surface area contributed by atoms with Crippen LogP contribution in [0, 0.1) is 5.92 Å². The van der Waals surface area contributed by atoms with Crippen LogP contribution in [-0.4, -0.2) is 65.3 Å². The number of pyridine rings is 1. The average molecular weight is 450 g/mol. The Morgan fingerprint density at radius 1 is 1.22 bits per heavy atom. The number of aromatic nitrogens is 2. The smallest absolute Gasteiger partial charge is 0.229 e. The minimum atomic E-state index is -0.319. The van der Waals surface area contributed by atoms with E-state index in [9.17, 15) is 9.59 Å². The second-order valence-corrected chi connectivity index (χ2v) is 9.08. The second-order valence-electron chi connectivity index (χ2n) is 8.22. The first-order valence-electron chi connectivity index (χ1n) is 10.7. The Balaban J connectivity index is 1.39. The molecule has 1 saturated heterocycles. The van der Waals surface area contributed by atoms with E-state index >= 15 is 0 Å². The molecule has 3 aromatic rings. The van der Waals surface area contributed by atoms with Crippen LogP contribution in [0.4, 0.5) is 5.69 Å². The zero-order valence-electron chi connectivity index (χ0n) is 18.3. The summed E-state index contributed by atoms with van der Waals surface area (Å²) >= 11 is 1.54. The zero-order chi connectivity index (χ0) is 22.5. The summed E-state index contributed by atoms with van der Waals surface area (Å²) in [6.07, 6.45) is 2.93. The van der Waals surface area contributed by atoms with E-state index in [1.54, 1.807) is 11.1 Å². The first-order valence-corrected chi connectivity index (χ1v) is 11.6. The molecule has 0 spiro atoms. The Bertz CT molecular complexity index is 1080. The topological polar surface area (TPSA) is 78.4 Å². The number of carbonyl (C=O) groups is 2. The minimum Gasteiger partial charge on any atom is -0.342 e. The number of rotatable bonds is 8. The van der Waals surface area contributed by atoms with Crippen molar-refractivity contribution in [1.82, 2.24) is 19.8 Å². The molecule has 3 heterocycles. The van der Waals surface area contributed by atoms with Crippen LogP contribution in [-0.2, 0) is 9.59 Å². The highest BCUT2D eigenvalue weighted by atomic mass is 32.1. The van der Waals surface area contributed by atoms with Crippen molar-refractivity contribution < 1.29 is 9.59 Å². The monoisotopic (exact) mass is 449 g/mol. The first kappa shape index (κ1) is 22.1. The molecule has 0 saturated carbocycles. The van der Waals surface area contributed by atoms with Crippen molar-refractivity contribution in [2.75, 3.05) is 39.0 Å². The molecule has 0 radical (unpaired) electrons. The number of amides is 2. The number of hydrogen-bond acceptors (Lipinski definition) is 6. The molecule has 1 aliphatic rings. The molecular formula is C24H27N5O2S.